The van der Waals surface area contributed by atoms with E-state index < -0.39 is 0 Å². The molecular formula is C15H18N4O. The number of hydrogen-bond acceptors (Lipinski definition) is 4. The largest absolute Gasteiger partial charge is 0.377 e. The van der Waals surface area contributed by atoms with Crippen molar-refractivity contribution in [1.82, 2.24) is 9.97 Å². The van der Waals surface area contributed by atoms with Gasteiger partial charge in [0.25, 0.3) is 0 Å². The van der Waals surface area contributed by atoms with Crippen LogP contribution in [0.25, 0.3) is 0 Å². The average molecular weight is 270 g/mol. The number of benzene rings is 1. The van der Waals surface area contributed by atoms with Gasteiger partial charge in [-0.15, -0.1) is 0 Å². The third-order valence-corrected chi connectivity index (χ3v) is 2.96. The summed E-state index contributed by atoms with van der Waals surface area (Å²) in [5, 5.41) is 6.16. The normalized spacial score (nSPS) is 11.8. The van der Waals surface area contributed by atoms with Gasteiger partial charge in [-0.25, -0.2) is 0 Å². The van der Waals surface area contributed by atoms with Crippen molar-refractivity contribution < 1.29 is 4.79 Å². The number of carbonyl (C=O) groups excluding carboxylic acids is 1. The van der Waals surface area contributed by atoms with Crippen LogP contribution in [0.2, 0.25) is 0 Å². The maximum Gasteiger partial charge on any atom is 0.221 e. The highest BCUT2D eigenvalue weighted by Crippen LogP contribution is 2.23. The molecule has 0 fully saturated rings. The van der Waals surface area contributed by atoms with Crippen LogP contribution in [0, 0.1) is 6.92 Å². The van der Waals surface area contributed by atoms with E-state index >= 15 is 0 Å². The van der Waals surface area contributed by atoms with E-state index in [-0.39, 0.29) is 11.9 Å². The fourth-order valence-electron chi connectivity index (χ4n) is 1.89. The first-order valence-corrected chi connectivity index (χ1v) is 6.47. The van der Waals surface area contributed by atoms with E-state index in [0.29, 0.717) is 0 Å². The Hall–Kier alpha value is -2.43. The molecule has 0 spiro atoms. The van der Waals surface area contributed by atoms with Crippen LogP contribution in [-0.4, -0.2) is 15.9 Å². The van der Waals surface area contributed by atoms with Gasteiger partial charge in [0, 0.05) is 30.7 Å². The molecule has 0 radical (unpaired) electrons. The second kappa shape index (κ2) is 6.14. The Morgan fingerprint density at radius 1 is 1.30 bits per heavy atom. The quantitative estimate of drug-likeness (QED) is 0.896. The summed E-state index contributed by atoms with van der Waals surface area (Å²) in [6.45, 7) is 5.48. The van der Waals surface area contributed by atoms with Crippen molar-refractivity contribution in [2.45, 2.75) is 26.8 Å². The van der Waals surface area contributed by atoms with Gasteiger partial charge in [0.15, 0.2) is 0 Å². The number of amides is 1. The lowest BCUT2D eigenvalue weighted by Crippen LogP contribution is -2.10. The molecule has 2 aromatic rings. The van der Waals surface area contributed by atoms with Crippen LogP contribution < -0.4 is 10.6 Å². The third kappa shape index (κ3) is 3.54. The molecule has 0 saturated heterocycles. The molecule has 2 rings (SSSR count). The van der Waals surface area contributed by atoms with Gasteiger partial charge < -0.3 is 10.6 Å². The van der Waals surface area contributed by atoms with Crippen molar-refractivity contribution >= 4 is 17.3 Å². The zero-order valence-electron chi connectivity index (χ0n) is 11.8. The topological polar surface area (TPSA) is 66.9 Å². The van der Waals surface area contributed by atoms with E-state index in [1.54, 1.807) is 18.6 Å². The third-order valence-electron chi connectivity index (χ3n) is 2.96. The van der Waals surface area contributed by atoms with E-state index in [2.05, 4.69) is 20.6 Å². The van der Waals surface area contributed by atoms with Gasteiger partial charge in [-0.3, -0.25) is 14.8 Å². The molecule has 20 heavy (non-hydrogen) atoms. The Labute approximate surface area is 118 Å². The highest BCUT2D eigenvalue weighted by atomic mass is 16.1. The molecule has 5 heteroatoms. The fourth-order valence-corrected chi connectivity index (χ4v) is 1.89. The summed E-state index contributed by atoms with van der Waals surface area (Å²) >= 11 is 0. The van der Waals surface area contributed by atoms with Crippen molar-refractivity contribution in [2.75, 3.05) is 10.6 Å². The van der Waals surface area contributed by atoms with E-state index in [9.17, 15) is 4.79 Å². The van der Waals surface area contributed by atoms with Gasteiger partial charge in [-0.2, -0.15) is 0 Å². The number of aryl methyl sites for hydroxylation is 1. The minimum absolute atomic E-state index is 0.0385. The van der Waals surface area contributed by atoms with Crippen LogP contribution in [0.5, 0.6) is 0 Å². The molecule has 1 aromatic heterocycles. The van der Waals surface area contributed by atoms with Gasteiger partial charge >= 0.3 is 0 Å². The number of rotatable bonds is 4. The second-order valence-electron chi connectivity index (χ2n) is 4.71. The van der Waals surface area contributed by atoms with Gasteiger partial charge in [0.2, 0.25) is 5.91 Å². The average Bonchev–Trinajstić information content (AvgIpc) is 2.43. The summed E-state index contributed by atoms with van der Waals surface area (Å²) in [7, 11) is 0. The van der Waals surface area contributed by atoms with Crippen LogP contribution in [0.1, 0.15) is 31.1 Å². The highest BCUT2D eigenvalue weighted by Gasteiger charge is 2.08. The summed E-state index contributed by atoms with van der Waals surface area (Å²) < 4.78 is 0. The Morgan fingerprint density at radius 2 is 2.10 bits per heavy atom. The Balaban J connectivity index is 2.15. The number of aromatic nitrogens is 2. The standard InChI is InChI=1S/C15H18N4O/c1-10-4-5-13(8-14(10)19-12(3)20)18-11(2)15-9-16-6-7-17-15/h4-9,11,18H,1-3H3,(H,19,20). The number of hydrogen-bond donors (Lipinski definition) is 2. The zero-order chi connectivity index (χ0) is 14.5. The van der Waals surface area contributed by atoms with Gasteiger partial charge in [-0.05, 0) is 31.5 Å². The van der Waals surface area contributed by atoms with E-state index in [1.165, 1.54) is 6.92 Å². The van der Waals surface area contributed by atoms with Gasteiger partial charge in [0.05, 0.1) is 17.9 Å². The minimum atomic E-state index is -0.0766. The summed E-state index contributed by atoms with van der Waals surface area (Å²) in [6, 6.07) is 5.91. The van der Waals surface area contributed by atoms with Gasteiger partial charge in [-0.1, -0.05) is 6.07 Å². The maximum absolute atomic E-state index is 11.2. The molecule has 2 N–H and O–H groups in total. The number of nitrogens with one attached hydrogen (secondary N) is 2. The van der Waals surface area contributed by atoms with Crippen LogP contribution in [0.15, 0.2) is 36.8 Å². The minimum Gasteiger partial charge on any atom is -0.377 e. The predicted molar refractivity (Wildman–Crippen MR) is 79.6 cm³/mol. The molecule has 0 aliphatic heterocycles. The first-order chi connectivity index (χ1) is 9.56. The molecule has 5 nitrogen and oxygen atoms in total. The molecule has 0 aliphatic rings. The summed E-state index contributed by atoms with van der Waals surface area (Å²) in [5.41, 5.74) is 3.64. The smallest absolute Gasteiger partial charge is 0.221 e. The van der Waals surface area contributed by atoms with E-state index in [0.717, 1.165) is 22.6 Å². The lowest BCUT2D eigenvalue weighted by atomic mass is 10.1. The Morgan fingerprint density at radius 3 is 2.75 bits per heavy atom. The molecule has 0 aliphatic carbocycles. The molecule has 1 aromatic carbocycles. The number of anilines is 2. The Kier molecular flexibility index (Phi) is 4.30. The first kappa shape index (κ1) is 14.0. The van der Waals surface area contributed by atoms with Gasteiger partial charge in [0.1, 0.15) is 0 Å². The summed E-state index contributed by atoms with van der Waals surface area (Å²) in [6.07, 6.45) is 5.06. The predicted octanol–water partition coefficient (Wildman–Crippen LogP) is 2.92. The molecule has 0 saturated carbocycles. The SMILES string of the molecule is CC(=O)Nc1cc(NC(C)c2cnccn2)ccc1C. The first-order valence-electron chi connectivity index (χ1n) is 6.47. The maximum atomic E-state index is 11.2. The summed E-state index contributed by atoms with van der Waals surface area (Å²) in [5.74, 6) is -0.0766. The van der Waals surface area contributed by atoms with Crippen LogP contribution in [0.4, 0.5) is 11.4 Å². The van der Waals surface area contributed by atoms with Crippen LogP contribution >= 0.6 is 0 Å². The van der Waals surface area contributed by atoms with Crippen molar-refractivity contribution in [1.29, 1.82) is 0 Å². The second-order valence-corrected chi connectivity index (χ2v) is 4.71. The molecule has 1 atom stereocenters. The molecule has 1 amide bonds. The summed E-state index contributed by atoms with van der Waals surface area (Å²) in [4.78, 5) is 19.5. The number of carbonyl (C=O) groups is 1. The lowest BCUT2D eigenvalue weighted by molar-refractivity contribution is -0.114. The molecular weight excluding hydrogens is 252 g/mol. The lowest BCUT2D eigenvalue weighted by Gasteiger charge is -2.16. The molecule has 104 valence electrons. The Bertz CT molecular complexity index is 598. The number of nitrogens with zero attached hydrogens (tertiary/aromatic N) is 2. The van der Waals surface area contributed by atoms with Crippen LogP contribution in [-0.2, 0) is 4.79 Å². The van der Waals surface area contributed by atoms with E-state index in [4.69, 9.17) is 0 Å². The molecule has 1 unspecified atom stereocenters. The monoisotopic (exact) mass is 270 g/mol. The van der Waals surface area contributed by atoms with Crippen molar-refractivity contribution in [3.05, 3.63) is 48.0 Å². The molecule has 0 bridgehead atoms. The van der Waals surface area contributed by atoms with Crippen molar-refractivity contribution in [3.63, 3.8) is 0 Å². The highest BCUT2D eigenvalue weighted by molar-refractivity contribution is 5.90. The fraction of sp³-hybridized carbons (Fsp3) is 0.267. The molecule has 1 heterocycles. The van der Waals surface area contributed by atoms with Crippen LogP contribution in [0.3, 0.4) is 0 Å². The van der Waals surface area contributed by atoms with Crippen molar-refractivity contribution in [2.24, 2.45) is 0 Å². The zero-order valence-corrected chi connectivity index (χ0v) is 11.8. The van der Waals surface area contributed by atoms with Crippen molar-refractivity contribution in [3.8, 4) is 0 Å². The van der Waals surface area contributed by atoms with E-state index in [1.807, 2.05) is 32.0 Å².